The smallest absolute Gasteiger partial charge is 0.247 e. The minimum atomic E-state index is -0.926. The maximum Gasteiger partial charge on any atom is 0.247 e. The van der Waals surface area contributed by atoms with Crippen LogP contribution in [0.2, 0.25) is 0 Å². The summed E-state index contributed by atoms with van der Waals surface area (Å²) in [6.07, 6.45) is 5.13. The molecule has 1 N–H and O–H groups in total. The molecule has 0 bridgehead atoms. The number of para-hydroxylation sites is 1. The fourth-order valence-electron chi connectivity index (χ4n) is 5.00. The Labute approximate surface area is 215 Å². The number of aromatic nitrogens is 3. The Morgan fingerprint density at radius 2 is 1.65 bits per heavy atom. The van der Waals surface area contributed by atoms with Crippen molar-refractivity contribution in [3.8, 4) is 0 Å². The van der Waals surface area contributed by atoms with Gasteiger partial charge in [0.05, 0.1) is 5.52 Å². The lowest BCUT2D eigenvalue weighted by atomic mass is 9.94. The Morgan fingerprint density at radius 1 is 0.946 bits per heavy atom. The molecule has 3 aromatic carbocycles. The number of carbonyl (C=O) groups excluding carboxylic acids is 2. The van der Waals surface area contributed by atoms with E-state index in [1.165, 1.54) is 12.1 Å². The van der Waals surface area contributed by atoms with Crippen molar-refractivity contribution >= 4 is 22.8 Å². The highest BCUT2D eigenvalue weighted by Gasteiger charge is 2.33. The molecule has 4 aromatic rings. The highest BCUT2D eigenvalue weighted by Crippen LogP contribution is 2.27. The number of nitrogens with zero attached hydrogens (tertiary/aromatic N) is 4. The van der Waals surface area contributed by atoms with E-state index in [4.69, 9.17) is 0 Å². The van der Waals surface area contributed by atoms with Gasteiger partial charge in [-0.2, -0.15) is 0 Å². The number of halogens is 1. The van der Waals surface area contributed by atoms with Crippen LogP contribution in [0.1, 0.15) is 49.3 Å². The first-order valence-corrected chi connectivity index (χ1v) is 12.8. The van der Waals surface area contributed by atoms with Gasteiger partial charge in [0.15, 0.2) is 0 Å². The number of carbonyl (C=O) groups is 2. The Kier molecular flexibility index (Phi) is 7.54. The largest absolute Gasteiger partial charge is 0.351 e. The maximum absolute atomic E-state index is 13.9. The van der Waals surface area contributed by atoms with Gasteiger partial charge in [-0.15, -0.1) is 5.10 Å². The van der Waals surface area contributed by atoms with E-state index in [0.29, 0.717) is 11.1 Å². The average Bonchev–Trinajstić information content (AvgIpc) is 3.33. The number of amides is 2. The van der Waals surface area contributed by atoms with Crippen LogP contribution in [0.4, 0.5) is 4.39 Å². The van der Waals surface area contributed by atoms with Gasteiger partial charge in [0.2, 0.25) is 11.8 Å². The van der Waals surface area contributed by atoms with E-state index in [0.717, 1.165) is 43.2 Å². The lowest BCUT2D eigenvalue weighted by Gasteiger charge is -2.33. The zero-order valence-corrected chi connectivity index (χ0v) is 20.6. The molecule has 0 aliphatic heterocycles. The maximum atomic E-state index is 13.9. The zero-order valence-electron chi connectivity index (χ0n) is 20.6. The van der Waals surface area contributed by atoms with E-state index in [1.54, 1.807) is 21.7 Å². The van der Waals surface area contributed by atoms with Crippen molar-refractivity contribution in [2.45, 2.75) is 57.3 Å². The predicted molar refractivity (Wildman–Crippen MR) is 139 cm³/mol. The van der Waals surface area contributed by atoms with Gasteiger partial charge in [0, 0.05) is 12.6 Å². The van der Waals surface area contributed by atoms with Crippen molar-refractivity contribution in [3.63, 3.8) is 0 Å². The molecule has 0 radical (unpaired) electrons. The van der Waals surface area contributed by atoms with Crippen LogP contribution in [-0.4, -0.2) is 37.7 Å². The van der Waals surface area contributed by atoms with E-state index in [1.807, 2.05) is 54.6 Å². The molecular formula is C29H30FN5O2. The van der Waals surface area contributed by atoms with Crippen molar-refractivity contribution in [2.75, 3.05) is 0 Å². The van der Waals surface area contributed by atoms with E-state index in [9.17, 15) is 14.0 Å². The lowest BCUT2D eigenvalue weighted by Crippen LogP contribution is -2.47. The number of rotatable bonds is 8. The SMILES string of the molecule is O=C(NC1CCCCC1)C(c1ccc(F)cc1)N(Cc1ccccc1)C(=O)Cn1nnc2ccccc21. The quantitative estimate of drug-likeness (QED) is 0.378. The summed E-state index contributed by atoms with van der Waals surface area (Å²) in [5, 5.41) is 11.5. The van der Waals surface area contributed by atoms with Crippen molar-refractivity contribution in [1.29, 1.82) is 0 Å². The van der Waals surface area contributed by atoms with Gasteiger partial charge in [-0.3, -0.25) is 9.59 Å². The van der Waals surface area contributed by atoms with Gasteiger partial charge in [-0.05, 0) is 48.2 Å². The van der Waals surface area contributed by atoms with E-state index >= 15 is 0 Å². The Balaban J connectivity index is 1.50. The molecule has 1 fully saturated rings. The standard InChI is InChI=1S/C29H30FN5O2/c30-23-17-15-22(16-18-23)28(29(37)31-24-11-5-2-6-12-24)34(19-21-9-3-1-4-10-21)27(36)20-35-26-14-8-7-13-25(26)32-33-35/h1,3-4,7-10,13-18,24,28H,2,5-6,11-12,19-20H2,(H,31,37). The summed E-state index contributed by atoms with van der Waals surface area (Å²) in [6.45, 7) is 0.133. The van der Waals surface area contributed by atoms with E-state index < -0.39 is 11.9 Å². The molecule has 1 saturated carbocycles. The molecule has 1 aliphatic carbocycles. The molecule has 37 heavy (non-hydrogen) atoms. The number of fused-ring (bicyclic) bond motifs is 1. The highest BCUT2D eigenvalue weighted by molar-refractivity contribution is 5.89. The van der Waals surface area contributed by atoms with Crippen LogP contribution in [-0.2, 0) is 22.7 Å². The second kappa shape index (κ2) is 11.3. The van der Waals surface area contributed by atoms with Crippen LogP contribution >= 0.6 is 0 Å². The van der Waals surface area contributed by atoms with Crippen LogP contribution in [0.25, 0.3) is 11.0 Å². The van der Waals surface area contributed by atoms with Crippen molar-refractivity contribution in [3.05, 3.63) is 95.8 Å². The predicted octanol–water partition coefficient (Wildman–Crippen LogP) is 4.79. The molecule has 190 valence electrons. The average molecular weight is 500 g/mol. The van der Waals surface area contributed by atoms with Gasteiger partial charge in [0.25, 0.3) is 0 Å². The third kappa shape index (κ3) is 5.85. The first-order valence-electron chi connectivity index (χ1n) is 12.8. The summed E-state index contributed by atoms with van der Waals surface area (Å²) in [5.41, 5.74) is 2.87. The summed E-state index contributed by atoms with van der Waals surface area (Å²) in [6, 6.07) is 21.9. The molecule has 0 saturated heterocycles. The van der Waals surface area contributed by atoms with Gasteiger partial charge in [-0.25, -0.2) is 9.07 Å². The van der Waals surface area contributed by atoms with Crippen LogP contribution in [0.3, 0.4) is 0 Å². The zero-order chi connectivity index (χ0) is 25.6. The van der Waals surface area contributed by atoms with Crippen molar-refractivity contribution < 1.29 is 14.0 Å². The second-order valence-electron chi connectivity index (χ2n) is 9.54. The van der Waals surface area contributed by atoms with Crippen LogP contribution in [0.15, 0.2) is 78.9 Å². The van der Waals surface area contributed by atoms with Gasteiger partial charge >= 0.3 is 0 Å². The molecule has 1 atom stereocenters. The van der Waals surface area contributed by atoms with E-state index in [2.05, 4.69) is 15.6 Å². The molecule has 1 aliphatic rings. The lowest BCUT2D eigenvalue weighted by molar-refractivity contribution is -0.142. The summed E-state index contributed by atoms with van der Waals surface area (Å²) < 4.78 is 15.4. The first kappa shape index (κ1) is 24.6. The topological polar surface area (TPSA) is 80.1 Å². The Morgan fingerprint density at radius 3 is 2.41 bits per heavy atom. The molecule has 7 nitrogen and oxygen atoms in total. The third-order valence-electron chi connectivity index (χ3n) is 6.92. The van der Waals surface area contributed by atoms with Crippen LogP contribution in [0.5, 0.6) is 0 Å². The normalized spacial score (nSPS) is 14.8. The monoisotopic (exact) mass is 499 g/mol. The molecule has 1 aromatic heterocycles. The molecule has 8 heteroatoms. The number of hydrogen-bond donors (Lipinski definition) is 1. The molecule has 5 rings (SSSR count). The third-order valence-corrected chi connectivity index (χ3v) is 6.92. The summed E-state index contributed by atoms with van der Waals surface area (Å²) >= 11 is 0. The summed E-state index contributed by atoms with van der Waals surface area (Å²) in [7, 11) is 0. The fraction of sp³-hybridized carbons (Fsp3) is 0.310. The number of nitrogens with one attached hydrogen (secondary N) is 1. The Hall–Kier alpha value is -4.07. The van der Waals surface area contributed by atoms with E-state index in [-0.39, 0.29) is 30.9 Å². The summed E-state index contributed by atoms with van der Waals surface area (Å²) in [4.78, 5) is 29.3. The molecule has 1 heterocycles. The second-order valence-corrected chi connectivity index (χ2v) is 9.54. The molecule has 1 unspecified atom stereocenters. The Bertz CT molecular complexity index is 1350. The van der Waals surface area contributed by atoms with Crippen LogP contribution in [0, 0.1) is 5.82 Å². The number of hydrogen-bond acceptors (Lipinski definition) is 4. The molecular weight excluding hydrogens is 469 g/mol. The number of benzene rings is 3. The minimum absolute atomic E-state index is 0.0668. The minimum Gasteiger partial charge on any atom is -0.351 e. The highest BCUT2D eigenvalue weighted by atomic mass is 19.1. The van der Waals surface area contributed by atoms with Gasteiger partial charge < -0.3 is 10.2 Å². The van der Waals surface area contributed by atoms with Crippen molar-refractivity contribution in [2.24, 2.45) is 0 Å². The van der Waals surface area contributed by atoms with Gasteiger partial charge in [0.1, 0.15) is 23.9 Å². The molecule has 2 amide bonds. The van der Waals surface area contributed by atoms with Crippen molar-refractivity contribution in [1.82, 2.24) is 25.2 Å². The molecule has 0 spiro atoms. The first-order chi connectivity index (χ1) is 18.1. The fourth-order valence-corrected chi connectivity index (χ4v) is 5.00. The van der Waals surface area contributed by atoms with Gasteiger partial charge in [-0.1, -0.05) is 79.1 Å². The summed E-state index contributed by atoms with van der Waals surface area (Å²) in [5.74, 6) is -0.941. The van der Waals surface area contributed by atoms with Crippen LogP contribution < -0.4 is 5.32 Å².